The second-order valence-electron chi connectivity index (χ2n) is 4.38. The number of para-hydroxylation sites is 1. The topological polar surface area (TPSA) is 62.2 Å². The molecule has 0 saturated heterocycles. The zero-order valence-corrected chi connectivity index (χ0v) is 10.6. The van der Waals surface area contributed by atoms with Gasteiger partial charge in [0.2, 0.25) is 0 Å². The molecular weight excluding hydrogens is 252 g/mol. The molecule has 98 valence electrons. The number of anilines is 2. The van der Waals surface area contributed by atoms with Crippen LogP contribution in [0.5, 0.6) is 0 Å². The van der Waals surface area contributed by atoms with Gasteiger partial charge in [0, 0.05) is 28.9 Å². The number of carboxylic acid groups (broad SMARTS) is 1. The van der Waals surface area contributed by atoms with E-state index in [-0.39, 0.29) is 5.56 Å². The van der Waals surface area contributed by atoms with Gasteiger partial charge in [-0.05, 0) is 24.3 Å². The highest BCUT2D eigenvalue weighted by Gasteiger charge is 2.10. The van der Waals surface area contributed by atoms with Gasteiger partial charge in [0.1, 0.15) is 0 Å². The normalized spacial score (nSPS) is 10.4. The molecule has 3 rings (SSSR count). The van der Waals surface area contributed by atoms with Gasteiger partial charge in [-0.1, -0.05) is 24.3 Å². The monoisotopic (exact) mass is 264 g/mol. The number of nitrogens with one attached hydrogen (secondary N) is 1. The van der Waals surface area contributed by atoms with Crippen LogP contribution in [0.15, 0.2) is 60.9 Å². The summed E-state index contributed by atoms with van der Waals surface area (Å²) in [6, 6.07) is 14.6. The average Bonchev–Trinajstić information content (AvgIpc) is 2.48. The number of carbonyl (C=O) groups is 1. The van der Waals surface area contributed by atoms with Gasteiger partial charge in [-0.3, -0.25) is 4.98 Å². The van der Waals surface area contributed by atoms with E-state index in [9.17, 15) is 9.90 Å². The number of fused-ring (bicyclic) bond motifs is 1. The third-order valence-corrected chi connectivity index (χ3v) is 3.11. The first-order chi connectivity index (χ1) is 9.75. The highest BCUT2D eigenvalue weighted by molar-refractivity contribution is 5.99. The third kappa shape index (κ3) is 2.19. The Morgan fingerprint density at radius 1 is 1.00 bits per heavy atom. The molecule has 2 aromatic carbocycles. The minimum Gasteiger partial charge on any atom is -0.478 e. The molecular formula is C16H12N2O2. The molecule has 1 heterocycles. The molecule has 4 heteroatoms. The third-order valence-electron chi connectivity index (χ3n) is 3.11. The fourth-order valence-corrected chi connectivity index (χ4v) is 2.16. The smallest absolute Gasteiger partial charge is 0.337 e. The van der Waals surface area contributed by atoms with Gasteiger partial charge in [-0.2, -0.15) is 0 Å². The molecule has 0 aliphatic heterocycles. The number of nitrogens with zero attached hydrogens (tertiary/aromatic N) is 1. The number of pyridine rings is 1. The second-order valence-corrected chi connectivity index (χ2v) is 4.38. The number of rotatable bonds is 3. The van der Waals surface area contributed by atoms with Crippen molar-refractivity contribution in [1.82, 2.24) is 4.98 Å². The van der Waals surface area contributed by atoms with E-state index in [2.05, 4.69) is 10.3 Å². The molecule has 0 fully saturated rings. The zero-order valence-electron chi connectivity index (χ0n) is 10.6. The lowest BCUT2D eigenvalue weighted by atomic mass is 10.1. The minimum atomic E-state index is -0.949. The Hall–Kier alpha value is -2.88. The van der Waals surface area contributed by atoms with Crippen molar-refractivity contribution in [1.29, 1.82) is 0 Å². The lowest BCUT2D eigenvalue weighted by Crippen LogP contribution is -2.02. The van der Waals surface area contributed by atoms with Gasteiger partial charge in [-0.25, -0.2) is 4.79 Å². The number of hydrogen-bond donors (Lipinski definition) is 2. The fourth-order valence-electron chi connectivity index (χ4n) is 2.16. The van der Waals surface area contributed by atoms with Crippen molar-refractivity contribution in [3.63, 3.8) is 0 Å². The minimum absolute atomic E-state index is 0.249. The Morgan fingerprint density at radius 3 is 2.65 bits per heavy atom. The van der Waals surface area contributed by atoms with Gasteiger partial charge in [0.25, 0.3) is 0 Å². The fraction of sp³-hybridized carbons (Fsp3) is 0. The Morgan fingerprint density at radius 2 is 1.80 bits per heavy atom. The molecule has 0 spiro atoms. The number of aromatic nitrogens is 1. The maximum atomic E-state index is 11.2. The van der Waals surface area contributed by atoms with Gasteiger partial charge in [0.15, 0.2) is 0 Å². The van der Waals surface area contributed by atoms with Crippen molar-refractivity contribution in [2.75, 3.05) is 5.32 Å². The largest absolute Gasteiger partial charge is 0.478 e. The van der Waals surface area contributed by atoms with Gasteiger partial charge < -0.3 is 10.4 Å². The quantitative estimate of drug-likeness (QED) is 0.757. The number of carboxylic acids is 1. The van der Waals surface area contributed by atoms with Crippen LogP contribution in [0.25, 0.3) is 10.8 Å². The Kier molecular flexibility index (Phi) is 3.05. The Labute approximate surface area is 115 Å². The molecule has 0 atom stereocenters. The van der Waals surface area contributed by atoms with Crippen LogP contribution < -0.4 is 5.32 Å². The summed E-state index contributed by atoms with van der Waals surface area (Å²) in [5.74, 6) is -0.949. The van der Waals surface area contributed by atoms with Crippen molar-refractivity contribution < 1.29 is 9.90 Å². The van der Waals surface area contributed by atoms with Crippen LogP contribution in [0.3, 0.4) is 0 Å². The van der Waals surface area contributed by atoms with Crippen LogP contribution >= 0.6 is 0 Å². The van der Waals surface area contributed by atoms with Gasteiger partial charge >= 0.3 is 5.97 Å². The molecule has 4 nitrogen and oxygen atoms in total. The summed E-state index contributed by atoms with van der Waals surface area (Å²) in [7, 11) is 0. The van der Waals surface area contributed by atoms with E-state index < -0.39 is 5.97 Å². The first kappa shape index (κ1) is 12.2. The molecule has 3 aromatic rings. The van der Waals surface area contributed by atoms with Crippen LogP contribution in [0.2, 0.25) is 0 Å². The van der Waals surface area contributed by atoms with Crippen molar-refractivity contribution >= 4 is 28.1 Å². The van der Waals surface area contributed by atoms with Crippen LogP contribution in [0, 0.1) is 0 Å². The first-order valence-corrected chi connectivity index (χ1v) is 6.18. The highest BCUT2D eigenvalue weighted by atomic mass is 16.4. The summed E-state index contributed by atoms with van der Waals surface area (Å²) in [5, 5.41) is 14.4. The summed E-state index contributed by atoms with van der Waals surface area (Å²) in [6.07, 6.45) is 3.50. The molecule has 20 heavy (non-hydrogen) atoms. The molecule has 0 saturated carbocycles. The van der Waals surface area contributed by atoms with E-state index >= 15 is 0 Å². The standard InChI is InChI=1S/C16H12N2O2/c19-16(20)13-5-1-2-6-15(13)18-14-7-3-4-11-10-17-9-8-12(11)14/h1-10,18H,(H,19,20). The van der Waals surface area contributed by atoms with Gasteiger partial charge in [-0.15, -0.1) is 0 Å². The molecule has 0 amide bonds. The summed E-state index contributed by atoms with van der Waals surface area (Å²) < 4.78 is 0. The molecule has 0 radical (unpaired) electrons. The molecule has 0 aliphatic carbocycles. The predicted octanol–water partition coefficient (Wildman–Crippen LogP) is 3.68. The van der Waals surface area contributed by atoms with E-state index in [4.69, 9.17) is 0 Å². The number of hydrogen-bond acceptors (Lipinski definition) is 3. The molecule has 0 unspecified atom stereocenters. The van der Waals surface area contributed by atoms with Crippen molar-refractivity contribution in [3.8, 4) is 0 Å². The molecule has 0 bridgehead atoms. The second kappa shape index (κ2) is 5.01. The highest BCUT2D eigenvalue weighted by Crippen LogP contribution is 2.27. The first-order valence-electron chi connectivity index (χ1n) is 6.18. The lowest BCUT2D eigenvalue weighted by Gasteiger charge is -2.11. The van der Waals surface area contributed by atoms with Crippen LogP contribution in [0.1, 0.15) is 10.4 Å². The SMILES string of the molecule is O=C(O)c1ccccc1Nc1cccc2cnccc12. The maximum absolute atomic E-state index is 11.2. The van der Waals surface area contributed by atoms with E-state index in [1.54, 1.807) is 30.6 Å². The Bertz CT molecular complexity index is 779. The summed E-state index contributed by atoms with van der Waals surface area (Å²) in [6.45, 7) is 0. The predicted molar refractivity (Wildman–Crippen MR) is 78.4 cm³/mol. The maximum Gasteiger partial charge on any atom is 0.337 e. The van der Waals surface area contributed by atoms with Crippen LogP contribution in [-0.2, 0) is 0 Å². The van der Waals surface area contributed by atoms with E-state index in [0.29, 0.717) is 5.69 Å². The lowest BCUT2D eigenvalue weighted by molar-refractivity contribution is 0.0698. The van der Waals surface area contributed by atoms with E-state index in [1.807, 2.05) is 30.3 Å². The van der Waals surface area contributed by atoms with Crippen LogP contribution in [0.4, 0.5) is 11.4 Å². The number of aromatic carboxylic acids is 1. The van der Waals surface area contributed by atoms with Gasteiger partial charge in [0.05, 0.1) is 11.3 Å². The summed E-state index contributed by atoms with van der Waals surface area (Å²) >= 11 is 0. The van der Waals surface area contributed by atoms with Crippen molar-refractivity contribution in [2.45, 2.75) is 0 Å². The van der Waals surface area contributed by atoms with E-state index in [0.717, 1.165) is 16.5 Å². The molecule has 1 aromatic heterocycles. The number of benzene rings is 2. The molecule has 2 N–H and O–H groups in total. The summed E-state index contributed by atoms with van der Waals surface area (Å²) in [5.41, 5.74) is 1.68. The summed E-state index contributed by atoms with van der Waals surface area (Å²) in [4.78, 5) is 15.3. The molecule has 0 aliphatic rings. The average molecular weight is 264 g/mol. The van der Waals surface area contributed by atoms with E-state index in [1.165, 1.54) is 0 Å². The van der Waals surface area contributed by atoms with Crippen LogP contribution in [-0.4, -0.2) is 16.1 Å². The van der Waals surface area contributed by atoms with Crippen molar-refractivity contribution in [2.24, 2.45) is 0 Å². The van der Waals surface area contributed by atoms with Crippen molar-refractivity contribution in [3.05, 3.63) is 66.5 Å². The Balaban J connectivity index is 2.08. The zero-order chi connectivity index (χ0) is 13.9.